The second-order valence-electron chi connectivity index (χ2n) is 3.29. The topological polar surface area (TPSA) is 104 Å². The Morgan fingerprint density at radius 1 is 1.56 bits per heavy atom. The molecule has 1 aromatic carbocycles. The van der Waals surface area contributed by atoms with E-state index in [1.54, 1.807) is 6.07 Å². The van der Waals surface area contributed by atoms with Gasteiger partial charge in [-0.2, -0.15) is 14.0 Å². The van der Waals surface area contributed by atoms with Crippen molar-refractivity contribution in [1.29, 1.82) is 5.26 Å². The highest BCUT2D eigenvalue weighted by atomic mass is 32.2. The predicted octanol–water partition coefficient (Wildman–Crippen LogP) is 0.878. The number of nitriles is 1. The Labute approximate surface area is 102 Å². The molecule has 0 unspecified atom stereocenters. The van der Waals surface area contributed by atoms with E-state index < -0.39 is 37.9 Å². The summed E-state index contributed by atoms with van der Waals surface area (Å²) in [5.41, 5.74) is -0.808. The molecule has 0 radical (unpaired) electrons. The molecule has 1 aromatic rings. The van der Waals surface area contributed by atoms with Crippen LogP contribution in [0.5, 0.6) is 0 Å². The molecule has 0 spiro atoms. The third-order valence-corrected chi connectivity index (χ3v) is 3.92. The van der Waals surface area contributed by atoms with E-state index in [-0.39, 0.29) is 0 Å². The lowest BCUT2D eigenvalue weighted by molar-refractivity contribution is -0.387. The SMILES string of the molecule is CN(CC#N)S(=O)(=O)c1ccc([N+](=O)[O-])c(F)c1. The monoisotopic (exact) mass is 273 g/mol. The van der Waals surface area contributed by atoms with Gasteiger partial charge in [-0.15, -0.1) is 0 Å². The van der Waals surface area contributed by atoms with E-state index in [4.69, 9.17) is 5.26 Å². The fraction of sp³-hybridized carbons (Fsp3) is 0.222. The summed E-state index contributed by atoms with van der Waals surface area (Å²) < 4.78 is 37.6. The quantitative estimate of drug-likeness (QED) is 0.460. The van der Waals surface area contributed by atoms with Crippen molar-refractivity contribution in [3.63, 3.8) is 0 Å². The van der Waals surface area contributed by atoms with Crippen LogP contribution in [0.1, 0.15) is 0 Å². The summed E-state index contributed by atoms with van der Waals surface area (Å²) in [7, 11) is -2.87. The Kier molecular flexibility index (Phi) is 3.95. The van der Waals surface area contributed by atoms with E-state index in [0.29, 0.717) is 10.4 Å². The first kappa shape index (κ1) is 14.0. The second kappa shape index (κ2) is 5.07. The standard InChI is InChI=1S/C9H8FN3O4S/c1-12(5-4-11)18(16,17)7-2-3-9(13(14)15)8(10)6-7/h2-3,6H,5H2,1H3. The molecule has 0 aliphatic rings. The van der Waals surface area contributed by atoms with Crippen molar-refractivity contribution in [2.75, 3.05) is 13.6 Å². The third-order valence-electron chi connectivity index (χ3n) is 2.12. The molecule has 9 heteroatoms. The molecule has 18 heavy (non-hydrogen) atoms. The highest BCUT2D eigenvalue weighted by molar-refractivity contribution is 7.89. The molecule has 1 rings (SSSR count). The normalized spacial score (nSPS) is 11.2. The van der Waals surface area contributed by atoms with Gasteiger partial charge in [0.1, 0.15) is 6.54 Å². The Bertz CT molecular complexity index is 623. The van der Waals surface area contributed by atoms with Gasteiger partial charge in [0.2, 0.25) is 15.8 Å². The van der Waals surface area contributed by atoms with Gasteiger partial charge in [-0.05, 0) is 6.07 Å². The molecular formula is C9H8FN3O4S. The highest BCUT2D eigenvalue weighted by Gasteiger charge is 2.24. The zero-order valence-electron chi connectivity index (χ0n) is 9.20. The number of rotatable bonds is 4. The van der Waals surface area contributed by atoms with Crippen LogP contribution in [0.2, 0.25) is 0 Å². The van der Waals surface area contributed by atoms with E-state index in [2.05, 4.69) is 0 Å². The Morgan fingerprint density at radius 3 is 2.61 bits per heavy atom. The summed E-state index contributed by atoms with van der Waals surface area (Å²) >= 11 is 0. The van der Waals surface area contributed by atoms with Gasteiger partial charge >= 0.3 is 5.69 Å². The minimum Gasteiger partial charge on any atom is -0.258 e. The van der Waals surface area contributed by atoms with Gasteiger partial charge in [-0.25, -0.2) is 8.42 Å². The van der Waals surface area contributed by atoms with Gasteiger partial charge in [-0.1, -0.05) is 0 Å². The van der Waals surface area contributed by atoms with E-state index >= 15 is 0 Å². The van der Waals surface area contributed by atoms with Crippen LogP contribution in [0.25, 0.3) is 0 Å². The predicted molar refractivity (Wildman–Crippen MR) is 58.5 cm³/mol. The number of hydrogen-bond acceptors (Lipinski definition) is 5. The van der Waals surface area contributed by atoms with E-state index in [9.17, 15) is 22.9 Å². The van der Waals surface area contributed by atoms with Crippen LogP contribution >= 0.6 is 0 Å². The minimum absolute atomic E-state index is 0.402. The summed E-state index contributed by atoms with van der Waals surface area (Å²) in [6.07, 6.45) is 0. The van der Waals surface area contributed by atoms with Crippen LogP contribution in [0, 0.1) is 27.3 Å². The lowest BCUT2D eigenvalue weighted by Gasteiger charge is -2.13. The van der Waals surface area contributed by atoms with Crippen LogP contribution in [-0.2, 0) is 10.0 Å². The summed E-state index contributed by atoms with van der Waals surface area (Å²) in [4.78, 5) is 8.99. The highest BCUT2D eigenvalue weighted by Crippen LogP contribution is 2.22. The summed E-state index contributed by atoms with van der Waals surface area (Å²) in [6.45, 7) is -0.402. The number of sulfonamides is 1. The molecule has 0 amide bonds. The maximum atomic E-state index is 13.3. The Balaban J connectivity index is 3.24. The van der Waals surface area contributed by atoms with Crippen molar-refractivity contribution in [3.05, 3.63) is 34.1 Å². The van der Waals surface area contributed by atoms with Crippen molar-refractivity contribution in [2.24, 2.45) is 0 Å². The van der Waals surface area contributed by atoms with Crippen LogP contribution < -0.4 is 0 Å². The molecule has 0 fully saturated rings. The van der Waals surface area contributed by atoms with Crippen molar-refractivity contribution in [2.45, 2.75) is 4.90 Å². The number of benzene rings is 1. The van der Waals surface area contributed by atoms with E-state index in [0.717, 1.165) is 19.2 Å². The molecule has 0 atom stereocenters. The van der Waals surface area contributed by atoms with Gasteiger partial charge in [0, 0.05) is 19.2 Å². The summed E-state index contributed by atoms with van der Waals surface area (Å²) in [5, 5.41) is 18.8. The van der Waals surface area contributed by atoms with Gasteiger partial charge in [-0.3, -0.25) is 10.1 Å². The molecule has 0 aliphatic carbocycles. The molecule has 0 saturated carbocycles. The van der Waals surface area contributed by atoms with Crippen molar-refractivity contribution in [3.8, 4) is 6.07 Å². The first-order valence-corrected chi connectivity index (χ1v) is 6.02. The second-order valence-corrected chi connectivity index (χ2v) is 5.33. The lowest BCUT2D eigenvalue weighted by atomic mass is 10.3. The van der Waals surface area contributed by atoms with E-state index in [1.165, 1.54) is 0 Å². The Morgan fingerprint density at radius 2 is 2.17 bits per heavy atom. The minimum atomic E-state index is -4.02. The molecule has 0 saturated heterocycles. The third kappa shape index (κ3) is 2.61. The first-order valence-electron chi connectivity index (χ1n) is 4.58. The maximum Gasteiger partial charge on any atom is 0.304 e. The number of halogens is 1. The molecular weight excluding hydrogens is 265 g/mol. The van der Waals surface area contributed by atoms with Gasteiger partial charge < -0.3 is 0 Å². The first-order chi connectivity index (χ1) is 8.30. The fourth-order valence-electron chi connectivity index (χ4n) is 1.16. The Hall–Kier alpha value is -2.05. The average molecular weight is 273 g/mol. The van der Waals surface area contributed by atoms with Crippen LogP contribution in [-0.4, -0.2) is 31.2 Å². The van der Waals surface area contributed by atoms with Crippen LogP contribution in [0.4, 0.5) is 10.1 Å². The summed E-state index contributed by atoms with van der Waals surface area (Å²) in [5.74, 6) is -1.24. The zero-order chi connectivity index (χ0) is 13.9. The average Bonchev–Trinajstić information content (AvgIpc) is 2.28. The van der Waals surface area contributed by atoms with Gasteiger partial charge in [0.15, 0.2) is 0 Å². The molecule has 0 heterocycles. The smallest absolute Gasteiger partial charge is 0.258 e. The number of hydrogen-bond donors (Lipinski definition) is 0. The van der Waals surface area contributed by atoms with Gasteiger partial charge in [0.25, 0.3) is 0 Å². The largest absolute Gasteiger partial charge is 0.304 e. The lowest BCUT2D eigenvalue weighted by Crippen LogP contribution is -2.27. The van der Waals surface area contributed by atoms with Crippen molar-refractivity contribution in [1.82, 2.24) is 4.31 Å². The number of nitro groups is 1. The molecule has 96 valence electrons. The molecule has 7 nitrogen and oxygen atoms in total. The van der Waals surface area contributed by atoms with Crippen molar-refractivity contribution < 1.29 is 17.7 Å². The van der Waals surface area contributed by atoms with Gasteiger partial charge in [0.05, 0.1) is 15.9 Å². The molecule has 0 aromatic heterocycles. The van der Waals surface area contributed by atoms with Crippen LogP contribution in [0.3, 0.4) is 0 Å². The van der Waals surface area contributed by atoms with E-state index in [1.807, 2.05) is 0 Å². The molecule has 0 aliphatic heterocycles. The fourth-order valence-corrected chi connectivity index (χ4v) is 2.24. The molecule has 0 N–H and O–H groups in total. The summed E-state index contributed by atoms with van der Waals surface area (Å²) in [6, 6.07) is 3.88. The number of nitro benzene ring substituents is 1. The van der Waals surface area contributed by atoms with Crippen molar-refractivity contribution >= 4 is 15.7 Å². The number of nitrogens with zero attached hydrogens (tertiary/aromatic N) is 3. The zero-order valence-corrected chi connectivity index (χ0v) is 10.0. The van der Waals surface area contributed by atoms with Crippen LogP contribution in [0.15, 0.2) is 23.1 Å². The molecule has 0 bridgehead atoms. The maximum absolute atomic E-state index is 13.3.